The summed E-state index contributed by atoms with van der Waals surface area (Å²) < 4.78 is 40.4. The van der Waals surface area contributed by atoms with E-state index in [-0.39, 0.29) is 38.4 Å². The minimum atomic E-state index is -3.80. The molecule has 0 spiro atoms. The topological polar surface area (TPSA) is 225 Å². The Labute approximate surface area is 380 Å². The van der Waals surface area contributed by atoms with Crippen molar-refractivity contribution in [1.82, 2.24) is 39.4 Å². The van der Waals surface area contributed by atoms with Crippen LogP contribution in [0, 0.1) is 5.41 Å². The number of thiazole rings is 1. The van der Waals surface area contributed by atoms with Gasteiger partial charge in [-0.2, -0.15) is 17.0 Å². The van der Waals surface area contributed by atoms with Crippen LogP contribution in [0.25, 0.3) is 22.3 Å². The van der Waals surface area contributed by atoms with E-state index in [1.54, 1.807) is 38.3 Å². The van der Waals surface area contributed by atoms with Crippen LogP contribution in [0.2, 0.25) is 0 Å². The number of methoxy groups -OCH3 is 1. The molecule has 0 bridgehead atoms. The van der Waals surface area contributed by atoms with Crippen molar-refractivity contribution < 1.29 is 42.2 Å². The molecule has 352 valence electrons. The fourth-order valence-corrected chi connectivity index (χ4v) is 9.42. The quantitative estimate of drug-likeness (QED) is 0.131. The van der Waals surface area contributed by atoms with Gasteiger partial charge in [0.15, 0.2) is 10.7 Å². The Morgan fingerprint density at radius 1 is 1.09 bits per heavy atom. The van der Waals surface area contributed by atoms with Crippen molar-refractivity contribution >= 4 is 61.4 Å². The molecule has 1 fully saturated rings. The van der Waals surface area contributed by atoms with Crippen molar-refractivity contribution in [3.8, 4) is 22.9 Å². The molecular weight excluding hydrogens is 863 g/mol. The van der Waals surface area contributed by atoms with Crippen molar-refractivity contribution in [3.63, 3.8) is 0 Å². The number of pyridine rings is 1. The lowest BCUT2D eigenvalue weighted by atomic mass is 9.86. The molecule has 5 atom stereocenters. The Hall–Kier alpha value is -5.05. The van der Waals surface area contributed by atoms with Gasteiger partial charge in [-0.3, -0.25) is 9.59 Å². The Morgan fingerprint density at radius 3 is 2.47 bits per heavy atom. The van der Waals surface area contributed by atoms with Gasteiger partial charge in [0.25, 0.3) is 10.2 Å². The largest absolute Gasteiger partial charge is 0.497 e. The number of carboxylic acid groups (broad SMARTS) is 1. The predicted octanol–water partition coefficient (Wildman–Crippen LogP) is 5.23. The van der Waals surface area contributed by atoms with Crippen molar-refractivity contribution in [2.24, 2.45) is 5.41 Å². The maximum absolute atomic E-state index is 14.9. The van der Waals surface area contributed by atoms with Gasteiger partial charge < -0.3 is 40.7 Å². The van der Waals surface area contributed by atoms with Gasteiger partial charge in [-0.15, -0.1) is 11.3 Å². The molecule has 64 heavy (non-hydrogen) atoms. The zero-order valence-electron chi connectivity index (χ0n) is 38.6. The van der Waals surface area contributed by atoms with Crippen molar-refractivity contribution in [1.29, 1.82) is 0 Å². The summed E-state index contributed by atoms with van der Waals surface area (Å²) in [6, 6.07) is 3.72. The van der Waals surface area contributed by atoms with E-state index in [2.05, 4.69) is 21.3 Å². The highest BCUT2D eigenvalue weighted by molar-refractivity contribution is 7.86. The number of benzene rings is 1. The minimum absolute atomic E-state index is 0.00681. The highest BCUT2D eigenvalue weighted by Gasteiger charge is 2.46. The van der Waals surface area contributed by atoms with E-state index >= 15 is 0 Å². The number of aliphatic carboxylic acids is 1. The standard InChI is InChI=1S/C44H65N9O9S2/c1-11-44(40(56)57)20-16-14-12-13-15-17-31(47-41(58)49-37(43(4,5)6)25-52(9)64(59,60)51(7)8)39(55)53-24-29(22-35(53)38(54)50-44)62-36-23-33(34-26-63-42(48-34)45-27(2)3)46-32-21-28(61-10)18-19-30(32)36/h16,18-21,23,26-27,29,31,35,37H,11-15,17,22,24-25H2,1-10H3,(H,45,48)(H,50,54)(H,56,57)(H2,47,49,58)/b20-16-/t29-,31+,35+,37?,44-/m1/s1. The first kappa shape index (κ1) is 50.0. The number of nitrogens with one attached hydrogen (secondary N) is 4. The van der Waals surface area contributed by atoms with Crippen LogP contribution in [0.15, 0.2) is 41.8 Å². The summed E-state index contributed by atoms with van der Waals surface area (Å²) in [4.78, 5) is 67.1. The molecule has 18 nitrogen and oxygen atoms in total. The van der Waals surface area contributed by atoms with Gasteiger partial charge >= 0.3 is 12.0 Å². The molecule has 5 rings (SSSR count). The number of urea groups is 1. The second-order valence-electron chi connectivity index (χ2n) is 18.0. The summed E-state index contributed by atoms with van der Waals surface area (Å²) in [7, 11) is 2.05. The third-order valence-corrected chi connectivity index (χ3v) is 14.2. The number of carboxylic acids is 1. The number of carbonyl (C=O) groups excluding carboxylic acids is 3. The zero-order valence-corrected chi connectivity index (χ0v) is 40.2. The molecule has 5 N–H and O–H groups in total. The second-order valence-corrected chi connectivity index (χ2v) is 21.1. The number of nitrogens with zero attached hydrogens (tertiary/aromatic N) is 5. The predicted molar refractivity (Wildman–Crippen MR) is 248 cm³/mol. The summed E-state index contributed by atoms with van der Waals surface area (Å²) in [6.45, 7) is 11.2. The summed E-state index contributed by atoms with van der Waals surface area (Å²) in [5.74, 6) is -1.44. The van der Waals surface area contributed by atoms with Crippen molar-refractivity contribution in [3.05, 3.63) is 41.8 Å². The number of carbonyl (C=O) groups is 4. The van der Waals surface area contributed by atoms with Gasteiger partial charge in [-0.05, 0) is 57.1 Å². The van der Waals surface area contributed by atoms with E-state index in [0.29, 0.717) is 59.5 Å². The molecule has 4 amide bonds. The fraction of sp³-hybridized carbons (Fsp3) is 0.591. The van der Waals surface area contributed by atoms with Crippen molar-refractivity contribution in [2.75, 3.05) is 46.7 Å². The van der Waals surface area contributed by atoms with Crippen LogP contribution in [0.1, 0.15) is 86.5 Å². The number of amides is 4. The first-order valence-corrected chi connectivity index (χ1v) is 24.0. The highest BCUT2D eigenvalue weighted by Crippen LogP contribution is 2.36. The van der Waals surface area contributed by atoms with Gasteiger partial charge in [-0.1, -0.05) is 52.7 Å². The smallest absolute Gasteiger partial charge is 0.333 e. The second kappa shape index (κ2) is 20.8. The van der Waals surface area contributed by atoms with Crippen LogP contribution in [-0.2, 0) is 24.6 Å². The number of anilines is 1. The zero-order chi connectivity index (χ0) is 47.1. The van der Waals surface area contributed by atoms with Crippen LogP contribution in [0.5, 0.6) is 11.5 Å². The first-order valence-electron chi connectivity index (χ1n) is 21.7. The molecule has 1 unspecified atom stereocenters. The molecule has 0 aliphatic carbocycles. The third kappa shape index (κ3) is 12.0. The molecule has 1 saturated heterocycles. The fourth-order valence-electron chi connectivity index (χ4n) is 7.67. The monoisotopic (exact) mass is 927 g/mol. The number of rotatable bonds is 14. The van der Waals surface area contributed by atoms with Gasteiger partial charge in [0.2, 0.25) is 11.8 Å². The first-order chi connectivity index (χ1) is 30.1. The minimum Gasteiger partial charge on any atom is -0.497 e. The summed E-state index contributed by atoms with van der Waals surface area (Å²) in [6.07, 6.45) is 5.29. The molecule has 2 aliphatic rings. The Morgan fingerprint density at radius 2 is 1.83 bits per heavy atom. The number of aromatic nitrogens is 2. The normalized spacial score (nSPS) is 22.5. The van der Waals surface area contributed by atoms with Crippen LogP contribution in [0.3, 0.4) is 0 Å². The van der Waals surface area contributed by atoms with Crippen LogP contribution in [-0.4, -0.2) is 138 Å². The van der Waals surface area contributed by atoms with Crippen LogP contribution >= 0.6 is 11.3 Å². The van der Waals surface area contributed by atoms with Gasteiger partial charge in [-0.25, -0.2) is 19.6 Å². The molecular formula is C44H65N9O9S2. The SMILES string of the molecule is CC[C@]1(C(=O)O)/C=C\CCCCC[C@H](NC(=O)NC(CN(C)S(=O)(=O)N(C)C)C(C)(C)C)C(=O)N2C[C@H](Oc3cc(-c4csc(NC(C)C)n4)nc4cc(OC)ccc34)C[C@H]2C(=O)N1. The summed E-state index contributed by atoms with van der Waals surface area (Å²) in [5, 5.41) is 25.6. The molecule has 4 heterocycles. The van der Waals surface area contributed by atoms with E-state index in [0.717, 1.165) is 13.7 Å². The molecule has 0 radical (unpaired) electrons. The summed E-state index contributed by atoms with van der Waals surface area (Å²) >= 11 is 1.44. The van der Waals surface area contributed by atoms with Gasteiger partial charge in [0, 0.05) is 69.1 Å². The van der Waals surface area contributed by atoms with Crippen molar-refractivity contribution in [2.45, 2.75) is 122 Å². The molecule has 2 aromatic heterocycles. The molecule has 1 aromatic carbocycles. The number of likely N-dealkylation sites (N-methyl/N-ethyl adjacent to an activating group) is 1. The van der Waals surface area contributed by atoms with E-state index in [4.69, 9.17) is 19.4 Å². The summed E-state index contributed by atoms with van der Waals surface area (Å²) in [5.41, 5.74) is -0.607. The number of allylic oxidation sites excluding steroid dienone is 1. The number of fused-ring (bicyclic) bond motifs is 2. The van der Waals surface area contributed by atoms with E-state index < -0.39 is 69.2 Å². The lowest BCUT2D eigenvalue weighted by Crippen LogP contribution is -2.60. The van der Waals surface area contributed by atoms with Gasteiger partial charge in [0.05, 0.1) is 24.9 Å². The molecule has 2 aliphatic heterocycles. The maximum atomic E-state index is 14.9. The van der Waals surface area contributed by atoms with E-state index in [1.807, 2.05) is 46.1 Å². The lowest BCUT2D eigenvalue weighted by Gasteiger charge is -2.36. The third-order valence-electron chi connectivity index (χ3n) is 11.6. The van der Waals surface area contributed by atoms with Crippen LogP contribution in [0.4, 0.5) is 9.93 Å². The lowest BCUT2D eigenvalue weighted by molar-refractivity contribution is -0.147. The Bertz CT molecular complexity index is 2300. The molecule has 0 saturated carbocycles. The van der Waals surface area contributed by atoms with E-state index in [9.17, 15) is 32.7 Å². The number of hydrogen-bond donors (Lipinski definition) is 5. The van der Waals surface area contributed by atoms with Gasteiger partial charge in [0.1, 0.15) is 35.4 Å². The average Bonchev–Trinajstić information content (AvgIpc) is 3.88. The molecule has 20 heteroatoms. The Balaban J connectivity index is 1.51. The van der Waals surface area contributed by atoms with E-state index in [1.165, 1.54) is 43.5 Å². The highest BCUT2D eigenvalue weighted by atomic mass is 32.2. The number of hydrogen-bond acceptors (Lipinski definition) is 12. The van der Waals surface area contributed by atoms with Crippen LogP contribution < -0.4 is 30.7 Å². The molecule has 3 aromatic rings. The number of ether oxygens (including phenoxy) is 2. The maximum Gasteiger partial charge on any atom is 0.333 e. The Kier molecular flexibility index (Phi) is 16.3. The average molecular weight is 928 g/mol.